The van der Waals surface area contributed by atoms with Crippen LogP contribution in [-0.2, 0) is 11.3 Å². The average molecular weight is 276 g/mol. The van der Waals surface area contributed by atoms with Crippen LogP contribution in [0.15, 0.2) is 24.3 Å². The Bertz CT molecular complexity index is 386. The van der Waals surface area contributed by atoms with Gasteiger partial charge in [-0.3, -0.25) is 0 Å². The highest BCUT2D eigenvalue weighted by molar-refractivity contribution is 5.45. The Kier molecular flexibility index (Phi) is 5.86. The number of benzene rings is 1. The second-order valence-electron chi connectivity index (χ2n) is 5.94. The van der Waals surface area contributed by atoms with Crippen molar-refractivity contribution in [2.45, 2.75) is 51.3 Å². The van der Waals surface area contributed by atoms with Crippen molar-refractivity contribution in [2.24, 2.45) is 0 Å². The summed E-state index contributed by atoms with van der Waals surface area (Å²) in [6.07, 6.45) is 5.15. The first-order chi connectivity index (χ1) is 9.69. The van der Waals surface area contributed by atoms with E-state index in [9.17, 15) is 0 Å². The van der Waals surface area contributed by atoms with Gasteiger partial charge in [0.25, 0.3) is 0 Å². The molecule has 0 amide bonds. The number of nitrogens with one attached hydrogen (secondary N) is 1. The highest BCUT2D eigenvalue weighted by atomic mass is 16.5. The Labute approximate surface area is 123 Å². The van der Waals surface area contributed by atoms with Gasteiger partial charge < -0.3 is 15.0 Å². The predicted molar refractivity (Wildman–Crippen MR) is 85.3 cm³/mol. The smallest absolute Gasteiger partial charge is 0.0589 e. The van der Waals surface area contributed by atoms with Gasteiger partial charge in [-0.2, -0.15) is 0 Å². The van der Waals surface area contributed by atoms with E-state index in [4.69, 9.17) is 4.74 Å². The van der Waals surface area contributed by atoms with Crippen molar-refractivity contribution in [1.29, 1.82) is 0 Å². The van der Waals surface area contributed by atoms with E-state index in [1.165, 1.54) is 24.1 Å². The van der Waals surface area contributed by atoms with Gasteiger partial charge in [0.2, 0.25) is 0 Å². The van der Waals surface area contributed by atoms with Crippen molar-refractivity contribution < 1.29 is 4.74 Å². The Morgan fingerprint density at radius 2 is 2.00 bits per heavy atom. The van der Waals surface area contributed by atoms with E-state index < -0.39 is 0 Å². The van der Waals surface area contributed by atoms with Crippen LogP contribution in [0.25, 0.3) is 0 Å². The molecule has 0 aromatic heterocycles. The zero-order valence-corrected chi connectivity index (χ0v) is 13.1. The summed E-state index contributed by atoms with van der Waals surface area (Å²) in [5.74, 6) is 0. The molecule has 1 saturated heterocycles. The van der Waals surface area contributed by atoms with Gasteiger partial charge in [-0.05, 0) is 37.0 Å². The highest BCUT2D eigenvalue weighted by Gasteiger charge is 2.21. The van der Waals surface area contributed by atoms with Gasteiger partial charge in [-0.15, -0.1) is 0 Å². The minimum absolute atomic E-state index is 0.461. The largest absolute Gasteiger partial charge is 0.378 e. The minimum atomic E-state index is 0.461. The normalized spacial score (nSPS) is 22.8. The summed E-state index contributed by atoms with van der Waals surface area (Å²) in [6.45, 7) is 4.09. The average Bonchev–Trinajstić information content (AvgIpc) is 2.46. The fourth-order valence-electron chi connectivity index (χ4n) is 2.76. The van der Waals surface area contributed by atoms with Crippen LogP contribution in [0.5, 0.6) is 0 Å². The Morgan fingerprint density at radius 3 is 2.65 bits per heavy atom. The molecule has 0 aliphatic carbocycles. The highest BCUT2D eigenvalue weighted by Crippen LogP contribution is 2.18. The topological polar surface area (TPSA) is 24.5 Å². The fraction of sp³-hybridized carbons (Fsp3) is 0.647. The SMILES string of the molecule is CCCC1CC(NCc2ccc(N(C)C)cc2)CCO1. The van der Waals surface area contributed by atoms with Gasteiger partial charge in [0.15, 0.2) is 0 Å². The molecule has 0 saturated carbocycles. The van der Waals surface area contributed by atoms with Crippen LogP contribution in [-0.4, -0.2) is 32.8 Å². The third-order valence-corrected chi connectivity index (χ3v) is 4.03. The summed E-state index contributed by atoms with van der Waals surface area (Å²) >= 11 is 0. The van der Waals surface area contributed by atoms with Crippen molar-refractivity contribution in [3.63, 3.8) is 0 Å². The van der Waals surface area contributed by atoms with E-state index >= 15 is 0 Å². The van der Waals surface area contributed by atoms with Gasteiger partial charge in [0, 0.05) is 39.0 Å². The monoisotopic (exact) mass is 276 g/mol. The van der Waals surface area contributed by atoms with Crippen LogP contribution in [0.4, 0.5) is 5.69 Å². The summed E-state index contributed by atoms with van der Waals surface area (Å²) in [6, 6.07) is 9.40. The Morgan fingerprint density at radius 1 is 1.25 bits per heavy atom. The number of hydrogen-bond acceptors (Lipinski definition) is 3. The molecule has 1 aromatic carbocycles. The van der Waals surface area contributed by atoms with E-state index in [0.717, 1.165) is 26.0 Å². The quantitative estimate of drug-likeness (QED) is 0.863. The standard InChI is InChI=1S/C17H28N2O/c1-4-5-17-12-15(10-11-20-17)18-13-14-6-8-16(9-7-14)19(2)3/h6-9,15,17-18H,4-5,10-13H2,1-3H3. The lowest BCUT2D eigenvalue weighted by atomic mass is 10.00. The van der Waals surface area contributed by atoms with E-state index in [2.05, 4.69) is 55.5 Å². The molecule has 2 unspecified atom stereocenters. The maximum absolute atomic E-state index is 5.80. The first-order valence-electron chi connectivity index (χ1n) is 7.80. The van der Waals surface area contributed by atoms with Crippen molar-refractivity contribution >= 4 is 5.69 Å². The van der Waals surface area contributed by atoms with Crippen molar-refractivity contribution in [1.82, 2.24) is 5.32 Å². The molecule has 3 heteroatoms. The van der Waals surface area contributed by atoms with Gasteiger partial charge in [0.1, 0.15) is 0 Å². The van der Waals surface area contributed by atoms with Crippen LogP contribution < -0.4 is 10.2 Å². The van der Waals surface area contributed by atoms with Gasteiger partial charge in [-0.1, -0.05) is 25.5 Å². The second kappa shape index (κ2) is 7.65. The van der Waals surface area contributed by atoms with Crippen molar-refractivity contribution in [2.75, 3.05) is 25.6 Å². The number of nitrogens with zero attached hydrogens (tertiary/aromatic N) is 1. The number of hydrogen-bond donors (Lipinski definition) is 1. The summed E-state index contributed by atoms with van der Waals surface area (Å²) in [5.41, 5.74) is 2.61. The molecule has 3 nitrogen and oxygen atoms in total. The van der Waals surface area contributed by atoms with Crippen LogP contribution in [0.1, 0.15) is 38.2 Å². The first-order valence-corrected chi connectivity index (χ1v) is 7.80. The molecule has 1 N–H and O–H groups in total. The lowest BCUT2D eigenvalue weighted by molar-refractivity contribution is -0.00342. The van der Waals surface area contributed by atoms with Crippen LogP contribution >= 0.6 is 0 Å². The number of ether oxygens (including phenoxy) is 1. The van der Waals surface area contributed by atoms with E-state index in [0.29, 0.717) is 12.1 Å². The molecule has 0 spiro atoms. The molecular formula is C17H28N2O. The molecule has 1 aromatic rings. The van der Waals surface area contributed by atoms with Gasteiger partial charge in [0.05, 0.1) is 6.10 Å². The summed E-state index contributed by atoms with van der Waals surface area (Å²) in [4.78, 5) is 2.13. The number of rotatable bonds is 6. The zero-order valence-electron chi connectivity index (χ0n) is 13.1. The molecule has 0 radical (unpaired) electrons. The maximum Gasteiger partial charge on any atom is 0.0589 e. The van der Waals surface area contributed by atoms with Crippen LogP contribution in [0, 0.1) is 0 Å². The molecule has 2 rings (SSSR count). The maximum atomic E-state index is 5.80. The molecule has 0 bridgehead atoms. The first kappa shape index (κ1) is 15.3. The van der Waals surface area contributed by atoms with E-state index in [1.807, 2.05) is 0 Å². The van der Waals surface area contributed by atoms with Gasteiger partial charge in [-0.25, -0.2) is 0 Å². The summed E-state index contributed by atoms with van der Waals surface area (Å²) < 4.78 is 5.80. The fourth-order valence-corrected chi connectivity index (χ4v) is 2.76. The molecule has 2 atom stereocenters. The third kappa shape index (κ3) is 4.50. The summed E-state index contributed by atoms with van der Waals surface area (Å²) in [5, 5.41) is 3.68. The minimum Gasteiger partial charge on any atom is -0.378 e. The van der Waals surface area contributed by atoms with Gasteiger partial charge >= 0.3 is 0 Å². The lowest BCUT2D eigenvalue weighted by Gasteiger charge is -2.30. The molecule has 1 heterocycles. The molecule has 1 fully saturated rings. The molecule has 1 aliphatic rings. The second-order valence-corrected chi connectivity index (χ2v) is 5.94. The molecule has 20 heavy (non-hydrogen) atoms. The molecule has 112 valence electrons. The predicted octanol–water partition coefficient (Wildman–Crippen LogP) is 3.19. The van der Waals surface area contributed by atoms with E-state index in [-0.39, 0.29) is 0 Å². The lowest BCUT2D eigenvalue weighted by Crippen LogP contribution is -2.38. The number of anilines is 1. The van der Waals surface area contributed by atoms with E-state index in [1.54, 1.807) is 0 Å². The molecule has 1 aliphatic heterocycles. The van der Waals surface area contributed by atoms with Crippen molar-refractivity contribution in [3.8, 4) is 0 Å². The zero-order chi connectivity index (χ0) is 14.4. The molecular weight excluding hydrogens is 248 g/mol. The van der Waals surface area contributed by atoms with Crippen LogP contribution in [0.3, 0.4) is 0 Å². The van der Waals surface area contributed by atoms with Crippen LogP contribution in [0.2, 0.25) is 0 Å². The third-order valence-electron chi connectivity index (χ3n) is 4.03. The Balaban J connectivity index is 1.79. The van der Waals surface area contributed by atoms with Crippen molar-refractivity contribution in [3.05, 3.63) is 29.8 Å². The Hall–Kier alpha value is -1.06. The summed E-state index contributed by atoms with van der Waals surface area (Å²) in [7, 11) is 4.15.